The second kappa shape index (κ2) is 4.19. The van der Waals surface area contributed by atoms with E-state index in [4.69, 9.17) is 0 Å². The summed E-state index contributed by atoms with van der Waals surface area (Å²) in [5, 5.41) is 2.92. The number of benzene rings is 1. The summed E-state index contributed by atoms with van der Waals surface area (Å²) in [6, 6.07) is 7.08. The largest absolute Gasteiger partial charge is 0.326 e. The Balaban J connectivity index is 2.13. The molecular weight excluding hydrogens is 238 g/mol. The molecule has 0 unspecified atom stereocenters. The van der Waals surface area contributed by atoms with Crippen LogP contribution >= 0.6 is 0 Å². The van der Waals surface area contributed by atoms with Crippen molar-refractivity contribution >= 4 is 17.4 Å². The van der Waals surface area contributed by atoms with Gasteiger partial charge in [-0.05, 0) is 29.9 Å². The molecule has 1 aromatic rings. The van der Waals surface area contributed by atoms with Gasteiger partial charge in [0.2, 0.25) is 5.91 Å². The minimum absolute atomic E-state index is 0.00295. The Labute approximate surface area is 114 Å². The summed E-state index contributed by atoms with van der Waals surface area (Å²) in [5.41, 5.74) is 1.35. The Bertz CT molecular complexity index is 529. The van der Waals surface area contributed by atoms with Crippen molar-refractivity contribution in [3.63, 3.8) is 0 Å². The summed E-state index contributed by atoms with van der Waals surface area (Å²) in [7, 11) is 0. The smallest absolute Gasteiger partial charge is 0.228 e. The first-order valence-corrected chi connectivity index (χ1v) is 6.60. The lowest BCUT2D eigenvalue weighted by atomic mass is 10.0. The molecule has 3 heteroatoms. The van der Waals surface area contributed by atoms with Crippen LogP contribution < -0.4 is 5.32 Å². The first-order valence-electron chi connectivity index (χ1n) is 6.60. The van der Waals surface area contributed by atoms with Crippen LogP contribution in [0.1, 0.15) is 45.0 Å². The van der Waals surface area contributed by atoms with Crippen molar-refractivity contribution in [3.05, 3.63) is 29.8 Å². The van der Waals surface area contributed by atoms with Gasteiger partial charge >= 0.3 is 0 Å². The van der Waals surface area contributed by atoms with Crippen LogP contribution in [0.15, 0.2) is 24.3 Å². The van der Waals surface area contributed by atoms with Crippen LogP contribution in [0, 0.1) is 16.7 Å². The van der Waals surface area contributed by atoms with Gasteiger partial charge in [-0.3, -0.25) is 9.59 Å². The van der Waals surface area contributed by atoms with E-state index in [1.54, 1.807) is 18.2 Å². The molecule has 3 nitrogen and oxygen atoms in total. The maximum Gasteiger partial charge on any atom is 0.228 e. The summed E-state index contributed by atoms with van der Waals surface area (Å²) in [6.07, 6.45) is 0. The average Bonchev–Trinajstić information content (AvgIpc) is 2.69. The topological polar surface area (TPSA) is 46.2 Å². The highest BCUT2D eigenvalue weighted by atomic mass is 16.2. The zero-order valence-corrected chi connectivity index (χ0v) is 12.2. The third-order valence-corrected chi connectivity index (χ3v) is 4.82. The predicted molar refractivity (Wildman–Crippen MR) is 76.1 cm³/mol. The van der Waals surface area contributed by atoms with E-state index in [0.29, 0.717) is 11.3 Å². The Hall–Kier alpha value is -1.64. The normalized spacial score (nSPS) is 19.8. The van der Waals surface area contributed by atoms with Gasteiger partial charge in [-0.2, -0.15) is 0 Å². The quantitative estimate of drug-likeness (QED) is 0.844. The standard InChI is InChI=1S/C16H21NO2/c1-10(18)11-7-6-8-12(9-11)17-14(19)13-15(2,3)16(13,4)5/h6-9,13H,1-5H3,(H,17,19). The van der Waals surface area contributed by atoms with Crippen molar-refractivity contribution in [1.82, 2.24) is 0 Å². The number of hydrogen-bond acceptors (Lipinski definition) is 2. The molecule has 1 saturated carbocycles. The first-order chi connectivity index (χ1) is 8.68. The van der Waals surface area contributed by atoms with E-state index in [9.17, 15) is 9.59 Å². The van der Waals surface area contributed by atoms with Crippen LogP contribution in [0.3, 0.4) is 0 Å². The van der Waals surface area contributed by atoms with Gasteiger partial charge in [-0.15, -0.1) is 0 Å². The Morgan fingerprint density at radius 3 is 2.16 bits per heavy atom. The zero-order valence-electron chi connectivity index (χ0n) is 12.2. The molecule has 1 aromatic carbocycles. The number of anilines is 1. The van der Waals surface area contributed by atoms with Crippen LogP contribution in [0.25, 0.3) is 0 Å². The summed E-state index contributed by atoms with van der Waals surface area (Å²) in [4.78, 5) is 23.6. The molecule has 102 valence electrons. The first kappa shape index (κ1) is 13.8. The Kier molecular flexibility index (Phi) is 3.04. The van der Waals surface area contributed by atoms with Gasteiger partial charge in [0.1, 0.15) is 0 Å². The molecule has 1 aliphatic rings. The van der Waals surface area contributed by atoms with E-state index in [-0.39, 0.29) is 28.4 Å². The summed E-state index contributed by atoms with van der Waals surface area (Å²) < 4.78 is 0. The molecule has 0 atom stereocenters. The highest BCUT2D eigenvalue weighted by Crippen LogP contribution is 2.68. The average molecular weight is 259 g/mol. The number of hydrogen-bond donors (Lipinski definition) is 1. The Morgan fingerprint density at radius 2 is 1.68 bits per heavy atom. The highest BCUT2D eigenvalue weighted by Gasteiger charge is 2.68. The van der Waals surface area contributed by atoms with Crippen LogP contribution in [0.4, 0.5) is 5.69 Å². The number of amides is 1. The second-order valence-corrected chi connectivity index (χ2v) is 6.50. The van der Waals surface area contributed by atoms with Crippen molar-refractivity contribution in [3.8, 4) is 0 Å². The number of rotatable bonds is 3. The van der Waals surface area contributed by atoms with Crippen molar-refractivity contribution in [2.45, 2.75) is 34.6 Å². The highest BCUT2D eigenvalue weighted by molar-refractivity contribution is 5.99. The molecule has 1 fully saturated rings. The SMILES string of the molecule is CC(=O)c1cccc(NC(=O)C2C(C)(C)C2(C)C)c1. The molecule has 19 heavy (non-hydrogen) atoms. The number of Topliss-reactive ketones (excluding diaryl/α,β-unsaturated/α-hetero) is 1. The van der Waals surface area contributed by atoms with Gasteiger partial charge in [-0.1, -0.05) is 39.8 Å². The van der Waals surface area contributed by atoms with Crippen molar-refractivity contribution in [1.29, 1.82) is 0 Å². The molecule has 0 spiro atoms. The fraction of sp³-hybridized carbons (Fsp3) is 0.500. The van der Waals surface area contributed by atoms with Gasteiger partial charge in [0.05, 0.1) is 0 Å². The lowest BCUT2D eigenvalue weighted by Crippen LogP contribution is -2.17. The summed E-state index contributed by atoms with van der Waals surface area (Å²) in [6.45, 7) is 9.98. The van der Waals surface area contributed by atoms with Crippen LogP contribution in [0.2, 0.25) is 0 Å². The van der Waals surface area contributed by atoms with Gasteiger partial charge in [0, 0.05) is 17.2 Å². The van der Waals surface area contributed by atoms with Crippen LogP contribution in [-0.2, 0) is 4.79 Å². The summed E-state index contributed by atoms with van der Waals surface area (Å²) in [5.74, 6) is 0.0554. The van der Waals surface area contributed by atoms with E-state index in [0.717, 1.165) is 0 Å². The molecule has 0 radical (unpaired) electrons. The molecule has 0 aliphatic heterocycles. The Morgan fingerprint density at radius 1 is 1.11 bits per heavy atom. The van der Waals surface area contributed by atoms with Gasteiger partial charge in [0.15, 0.2) is 5.78 Å². The minimum Gasteiger partial charge on any atom is -0.326 e. The minimum atomic E-state index is 0.00295. The lowest BCUT2D eigenvalue weighted by molar-refractivity contribution is -0.118. The molecule has 0 aromatic heterocycles. The van der Waals surface area contributed by atoms with Crippen LogP contribution in [-0.4, -0.2) is 11.7 Å². The van der Waals surface area contributed by atoms with E-state index < -0.39 is 0 Å². The van der Waals surface area contributed by atoms with Gasteiger partial charge < -0.3 is 5.32 Å². The number of ketones is 1. The maximum atomic E-state index is 12.3. The van der Waals surface area contributed by atoms with E-state index in [1.165, 1.54) is 6.92 Å². The fourth-order valence-corrected chi connectivity index (χ4v) is 2.88. The number of carbonyl (C=O) groups excluding carboxylic acids is 2. The van der Waals surface area contributed by atoms with Gasteiger partial charge in [0.25, 0.3) is 0 Å². The van der Waals surface area contributed by atoms with E-state index in [1.807, 2.05) is 6.07 Å². The lowest BCUT2D eigenvalue weighted by Gasteiger charge is -2.07. The molecule has 0 heterocycles. The van der Waals surface area contributed by atoms with E-state index in [2.05, 4.69) is 33.0 Å². The van der Waals surface area contributed by atoms with Crippen molar-refractivity contribution < 1.29 is 9.59 Å². The molecule has 1 aliphatic carbocycles. The molecular formula is C16H21NO2. The van der Waals surface area contributed by atoms with E-state index >= 15 is 0 Å². The van der Waals surface area contributed by atoms with Crippen molar-refractivity contribution in [2.24, 2.45) is 16.7 Å². The monoisotopic (exact) mass is 259 g/mol. The third kappa shape index (κ3) is 2.18. The zero-order chi connectivity index (χ0) is 14.4. The molecule has 0 bridgehead atoms. The molecule has 1 N–H and O–H groups in total. The fourth-order valence-electron chi connectivity index (χ4n) is 2.88. The van der Waals surface area contributed by atoms with Crippen molar-refractivity contribution in [2.75, 3.05) is 5.32 Å². The van der Waals surface area contributed by atoms with Gasteiger partial charge in [-0.25, -0.2) is 0 Å². The maximum absolute atomic E-state index is 12.3. The number of carbonyl (C=O) groups is 2. The second-order valence-electron chi connectivity index (χ2n) is 6.50. The van der Waals surface area contributed by atoms with Crippen LogP contribution in [0.5, 0.6) is 0 Å². The summed E-state index contributed by atoms with van der Waals surface area (Å²) >= 11 is 0. The molecule has 2 rings (SSSR count). The number of nitrogens with one attached hydrogen (secondary N) is 1. The predicted octanol–water partition coefficient (Wildman–Crippen LogP) is 3.51. The molecule has 1 amide bonds. The molecule has 0 saturated heterocycles. The third-order valence-electron chi connectivity index (χ3n) is 4.82.